The predicted molar refractivity (Wildman–Crippen MR) is 125 cm³/mol. The van der Waals surface area contributed by atoms with Crippen molar-refractivity contribution in [2.45, 2.75) is 0 Å². The monoisotopic (exact) mass is 455 g/mol. The molecule has 0 radical (unpaired) electrons. The van der Waals surface area contributed by atoms with Crippen LogP contribution in [0.1, 0.15) is 5.56 Å². The Bertz CT molecular complexity index is 1260. The van der Waals surface area contributed by atoms with Crippen LogP contribution in [0.25, 0.3) is 16.8 Å². The molecule has 0 bridgehead atoms. The molecule has 0 aromatic heterocycles. The third-order valence-electron chi connectivity index (χ3n) is 4.51. The van der Waals surface area contributed by atoms with Crippen molar-refractivity contribution >= 4 is 68.5 Å². The number of aliphatic hydroxyl groups excluding tert-OH is 1. The number of methoxy groups -OCH3 is 1. The SMILES string of the molecule is COC(=O)C1=C(O)C(=Cc2ccc(Cl)c(Cl)c2)SC1=Nc1cccc2ccccc12. The minimum absolute atomic E-state index is 0.0294. The van der Waals surface area contributed by atoms with Gasteiger partial charge in [0.15, 0.2) is 0 Å². The van der Waals surface area contributed by atoms with Gasteiger partial charge in [0.25, 0.3) is 0 Å². The van der Waals surface area contributed by atoms with Crippen LogP contribution in [0.4, 0.5) is 5.69 Å². The summed E-state index contributed by atoms with van der Waals surface area (Å²) in [6.07, 6.45) is 1.72. The standard InChI is InChI=1S/C23H15Cl2NO3S/c1-29-23(28)20-21(27)19(12-13-9-10-16(24)17(25)11-13)30-22(20)26-18-8-4-6-14-5-2-3-7-15(14)18/h2-12,27H,1H3. The van der Waals surface area contributed by atoms with Gasteiger partial charge in [-0.15, -0.1) is 0 Å². The number of hydrogen-bond donors (Lipinski definition) is 1. The van der Waals surface area contributed by atoms with Crippen molar-refractivity contribution in [3.8, 4) is 0 Å². The van der Waals surface area contributed by atoms with Crippen molar-refractivity contribution in [1.82, 2.24) is 0 Å². The quantitative estimate of drug-likeness (QED) is 0.434. The minimum atomic E-state index is -0.656. The van der Waals surface area contributed by atoms with Crippen molar-refractivity contribution in [3.63, 3.8) is 0 Å². The zero-order valence-corrected chi connectivity index (χ0v) is 18.1. The first-order chi connectivity index (χ1) is 14.5. The number of aliphatic hydroxyl groups is 1. The van der Waals surface area contributed by atoms with E-state index in [4.69, 9.17) is 27.9 Å². The highest BCUT2D eigenvalue weighted by molar-refractivity contribution is 8.18. The summed E-state index contributed by atoms with van der Waals surface area (Å²) in [6, 6.07) is 18.7. The summed E-state index contributed by atoms with van der Waals surface area (Å²) in [6.45, 7) is 0. The second-order valence-corrected chi connectivity index (χ2v) is 8.26. The lowest BCUT2D eigenvalue weighted by molar-refractivity contribution is -0.135. The maximum atomic E-state index is 12.4. The third kappa shape index (κ3) is 3.97. The summed E-state index contributed by atoms with van der Waals surface area (Å²) in [5, 5.41) is 13.9. The molecular formula is C23H15Cl2NO3S. The van der Waals surface area contributed by atoms with Crippen molar-refractivity contribution in [2.75, 3.05) is 7.11 Å². The van der Waals surface area contributed by atoms with Crippen LogP contribution in [0, 0.1) is 0 Å². The van der Waals surface area contributed by atoms with Crippen molar-refractivity contribution in [2.24, 2.45) is 4.99 Å². The molecule has 3 aromatic carbocycles. The van der Waals surface area contributed by atoms with E-state index in [-0.39, 0.29) is 11.3 Å². The van der Waals surface area contributed by atoms with Crippen molar-refractivity contribution < 1.29 is 14.6 Å². The van der Waals surface area contributed by atoms with Gasteiger partial charge in [0.1, 0.15) is 16.4 Å². The summed E-state index contributed by atoms with van der Waals surface area (Å²) >= 11 is 13.3. The van der Waals surface area contributed by atoms with Crippen molar-refractivity contribution in [3.05, 3.63) is 92.5 Å². The Morgan fingerprint density at radius 2 is 1.83 bits per heavy atom. The molecular weight excluding hydrogens is 441 g/mol. The topological polar surface area (TPSA) is 58.9 Å². The highest BCUT2D eigenvalue weighted by Gasteiger charge is 2.33. The maximum Gasteiger partial charge on any atom is 0.344 e. The van der Waals surface area contributed by atoms with E-state index in [2.05, 4.69) is 4.99 Å². The third-order valence-corrected chi connectivity index (χ3v) is 6.27. The summed E-state index contributed by atoms with van der Waals surface area (Å²) < 4.78 is 4.88. The Balaban J connectivity index is 1.82. The number of halogens is 2. The zero-order valence-electron chi connectivity index (χ0n) is 15.7. The lowest BCUT2D eigenvalue weighted by Crippen LogP contribution is -2.10. The number of carbonyl (C=O) groups excluding carboxylic acids is 1. The van der Waals surface area contributed by atoms with Gasteiger partial charge in [0.2, 0.25) is 0 Å². The number of thioether (sulfide) groups is 1. The Morgan fingerprint density at radius 1 is 1.07 bits per heavy atom. The van der Waals surface area contributed by atoms with Gasteiger partial charge in [-0.1, -0.05) is 77.4 Å². The Labute approximate surface area is 187 Å². The highest BCUT2D eigenvalue weighted by Crippen LogP contribution is 2.41. The zero-order chi connectivity index (χ0) is 21.3. The maximum absolute atomic E-state index is 12.4. The molecule has 0 unspecified atom stereocenters. The van der Waals surface area contributed by atoms with Gasteiger partial charge in [-0.25, -0.2) is 9.79 Å². The van der Waals surface area contributed by atoms with Gasteiger partial charge in [-0.2, -0.15) is 0 Å². The Kier molecular flexibility index (Phi) is 5.86. The smallest absolute Gasteiger partial charge is 0.344 e. The lowest BCUT2D eigenvalue weighted by atomic mass is 10.1. The van der Waals surface area contributed by atoms with E-state index in [1.165, 1.54) is 18.9 Å². The number of ether oxygens (including phenoxy) is 1. The van der Waals surface area contributed by atoms with Crippen LogP contribution in [0.2, 0.25) is 10.0 Å². The minimum Gasteiger partial charge on any atom is -0.506 e. The first kappa shape index (κ1) is 20.5. The van der Waals surface area contributed by atoms with Gasteiger partial charge >= 0.3 is 5.97 Å². The van der Waals surface area contributed by atoms with Gasteiger partial charge in [-0.3, -0.25) is 0 Å². The molecule has 0 saturated heterocycles. The molecule has 3 aromatic rings. The average Bonchev–Trinajstić information content (AvgIpc) is 3.05. The predicted octanol–water partition coefficient (Wildman–Crippen LogP) is 6.95. The molecule has 0 saturated carbocycles. The first-order valence-electron chi connectivity index (χ1n) is 8.91. The van der Waals surface area contributed by atoms with Gasteiger partial charge in [0, 0.05) is 5.39 Å². The molecule has 0 atom stereocenters. The van der Waals surface area contributed by atoms with E-state index in [0.717, 1.165) is 16.3 Å². The molecule has 0 spiro atoms. The molecule has 4 rings (SSSR count). The van der Waals surface area contributed by atoms with E-state index >= 15 is 0 Å². The van der Waals surface area contributed by atoms with Gasteiger partial charge in [-0.05, 0) is 35.2 Å². The van der Waals surface area contributed by atoms with Crippen LogP contribution < -0.4 is 0 Å². The van der Waals surface area contributed by atoms with Crippen LogP contribution in [0.3, 0.4) is 0 Å². The molecule has 1 heterocycles. The molecule has 150 valence electrons. The highest BCUT2D eigenvalue weighted by atomic mass is 35.5. The number of fused-ring (bicyclic) bond motifs is 1. The molecule has 0 fully saturated rings. The molecule has 0 aliphatic carbocycles. The fraction of sp³-hybridized carbons (Fsp3) is 0.0435. The summed E-state index contributed by atoms with van der Waals surface area (Å²) in [7, 11) is 1.27. The largest absolute Gasteiger partial charge is 0.506 e. The van der Waals surface area contributed by atoms with E-state index < -0.39 is 5.97 Å². The van der Waals surface area contributed by atoms with Crippen LogP contribution in [-0.4, -0.2) is 23.2 Å². The number of aliphatic imine (C=N–C) groups is 1. The first-order valence-corrected chi connectivity index (χ1v) is 10.5. The summed E-state index contributed by atoms with van der Waals surface area (Å²) in [5.74, 6) is -0.839. The van der Waals surface area contributed by atoms with Crippen molar-refractivity contribution in [1.29, 1.82) is 0 Å². The number of esters is 1. The van der Waals surface area contributed by atoms with Crippen LogP contribution >= 0.6 is 35.0 Å². The Morgan fingerprint density at radius 3 is 2.60 bits per heavy atom. The molecule has 1 aliphatic heterocycles. The molecule has 1 N–H and O–H groups in total. The number of rotatable bonds is 3. The normalized spacial score (nSPS) is 16.6. The van der Waals surface area contributed by atoms with Gasteiger partial charge < -0.3 is 9.84 Å². The number of hydrogen-bond acceptors (Lipinski definition) is 5. The van der Waals surface area contributed by atoms with Crippen LogP contribution in [0.15, 0.2) is 81.9 Å². The molecule has 4 nitrogen and oxygen atoms in total. The van der Waals surface area contributed by atoms with E-state index in [1.54, 1.807) is 24.3 Å². The fourth-order valence-electron chi connectivity index (χ4n) is 3.06. The molecule has 7 heteroatoms. The van der Waals surface area contributed by atoms with E-state index in [0.29, 0.717) is 25.7 Å². The Hall–Kier alpha value is -2.73. The van der Waals surface area contributed by atoms with E-state index in [9.17, 15) is 9.90 Å². The van der Waals surface area contributed by atoms with Crippen LogP contribution in [-0.2, 0) is 9.53 Å². The second kappa shape index (κ2) is 8.56. The molecule has 1 aliphatic rings. The molecule has 0 amide bonds. The lowest BCUT2D eigenvalue weighted by Gasteiger charge is -2.05. The number of nitrogens with zero attached hydrogens (tertiary/aromatic N) is 1. The average molecular weight is 456 g/mol. The van der Waals surface area contributed by atoms with Gasteiger partial charge in [0.05, 0.1) is 27.7 Å². The second-order valence-electron chi connectivity index (χ2n) is 6.41. The van der Waals surface area contributed by atoms with Crippen LogP contribution in [0.5, 0.6) is 0 Å². The van der Waals surface area contributed by atoms with E-state index in [1.807, 2.05) is 42.5 Å². The number of benzene rings is 3. The summed E-state index contributed by atoms with van der Waals surface area (Å²) in [4.78, 5) is 17.5. The summed E-state index contributed by atoms with van der Waals surface area (Å²) in [5.41, 5.74) is 1.46. The fourth-order valence-corrected chi connectivity index (χ4v) is 4.39. The molecule has 30 heavy (non-hydrogen) atoms. The number of carbonyl (C=O) groups is 1.